The van der Waals surface area contributed by atoms with Crippen LogP contribution in [0, 0.1) is 12.3 Å². The van der Waals surface area contributed by atoms with Crippen molar-refractivity contribution in [3.05, 3.63) is 35.0 Å². The fourth-order valence-electron chi connectivity index (χ4n) is 6.13. The maximum absolute atomic E-state index is 12.8. The number of carbonyl (C=O) groups is 1. The van der Waals surface area contributed by atoms with Crippen LogP contribution in [0.3, 0.4) is 0 Å². The molecule has 1 aromatic carbocycles. The van der Waals surface area contributed by atoms with Crippen LogP contribution in [0.2, 0.25) is 19.6 Å². The Labute approximate surface area is 187 Å². The van der Waals surface area contributed by atoms with Crippen molar-refractivity contribution in [2.75, 3.05) is 26.7 Å². The number of rotatable bonds is 4. The van der Waals surface area contributed by atoms with Crippen molar-refractivity contribution in [1.29, 1.82) is 0 Å². The average molecular weight is 437 g/mol. The molecule has 0 spiro atoms. The Morgan fingerprint density at radius 3 is 2.65 bits per heavy atom. The van der Waals surface area contributed by atoms with Crippen LogP contribution in [0.25, 0.3) is 10.9 Å². The van der Waals surface area contributed by atoms with Gasteiger partial charge in [-0.15, -0.1) is 6.42 Å². The van der Waals surface area contributed by atoms with Gasteiger partial charge in [0.25, 0.3) is 0 Å². The number of hydrogen-bond acceptors (Lipinski definition) is 2. The minimum Gasteiger partial charge on any atom is -0.348 e. The number of H-pyrrole nitrogens is 1. The van der Waals surface area contributed by atoms with E-state index in [4.69, 9.17) is 6.42 Å². The minimum absolute atomic E-state index is 0.0505. The predicted molar refractivity (Wildman–Crippen MR) is 131 cm³/mol. The van der Waals surface area contributed by atoms with E-state index in [0.29, 0.717) is 17.5 Å². The summed E-state index contributed by atoms with van der Waals surface area (Å²) in [5.74, 6) is 3.34. The maximum atomic E-state index is 12.8. The molecule has 2 amide bonds. The number of aromatic nitrogens is 1. The van der Waals surface area contributed by atoms with Gasteiger partial charge in [-0.25, -0.2) is 4.79 Å². The van der Waals surface area contributed by atoms with E-state index < -0.39 is 8.07 Å². The van der Waals surface area contributed by atoms with Gasteiger partial charge in [0, 0.05) is 48.5 Å². The van der Waals surface area contributed by atoms with E-state index in [9.17, 15) is 4.79 Å². The highest BCUT2D eigenvalue weighted by molar-refractivity contribution is 6.78. The summed E-state index contributed by atoms with van der Waals surface area (Å²) in [5.41, 5.74) is 5.32. The molecule has 6 heteroatoms. The number of carbonyl (C=O) groups excluding carboxylic acids is 1. The van der Waals surface area contributed by atoms with Gasteiger partial charge in [0.1, 0.15) is 0 Å². The lowest BCUT2D eigenvalue weighted by Crippen LogP contribution is -2.60. The molecule has 1 aromatic heterocycles. The Morgan fingerprint density at radius 1 is 1.32 bits per heavy atom. The van der Waals surface area contributed by atoms with E-state index >= 15 is 0 Å². The molecule has 4 atom stereocenters. The highest BCUT2D eigenvalue weighted by Crippen LogP contribution is 2.52. The molecule has 2 N–H and O–H groups in total. The molecule has 2 aliphatic rings. The van der Waals surface area contributed by atoms with Crippen LogP contribution in [0.15, 0.2) is 18.2 Å². The third-order valence-corrected chi connectivity index (χ3v) is 9.87. The van der Waals surface area contributed by atoms with Crippen LogP contribution in [0.4, 0.5) is 4.79 Å². The van der Waals surface area contributed by atoms with Crippen LogP contribution < -0.4 is 5.32 Å². The summed E-state index contributed by atoms with van der Waals surface area (Å²) in [6, 6.07) is 7.17. The molecule has 0 radical (unpaired) electrons. The summed E-state index contributed by atoms with van der Waals surface area (Å²) < 4.78 is 0. The number of hydrogen-bond donors (Lipinski definition) is 2. The first kappa shape index (κ1) is 22.0. The first-order valence-electron chi connectivity index (χ1n) is 11.6. The minimum atomic E-state index is -1.60. The monoisotopic (exact) mass is 436 g/mol. The highest BCUT2D eigenvalue weighted by Gasteiger charge is 2.50. The van der Waals surface area contributed by atoms with Crippen molar-refractivity contribution in [2.24, 2.45) is 0 Å². The summed E-state index contributed by atoms with van der Waals surface area (Å²) in [4.78, 5) is 20.7. The van der Waals surface area contributed by atoms with Crippen molar-refractivity contribution < 1.29 is 4.79 Å². The van der Waals surface area contributed by atoms with Gasteiger partial charge >= 0.3 is 6.03 Å². The molecule has 1 saturated heterocycles. The van der Waals surface area contributed by atoms with Crippen molar-refractivity contribution in [2.45, 2.75) is 63.5 Å². The second kappa shape index (κ2) is 8.03. The Morgan fingerprint density at radius 2 is 2.03 bits per heavy atom. The van der Waals surface area contributed by atoms with Crippen molar-refractivity contribution >= 4 is 25.0 Å². The number of nitrogens with one attached hydrogen (secondary N) is 2. The van der Waals surface area contributed by atoms with Crippen LogP contribution in [0.1, 0.15) is 48.5 Å². The van der Waals surface area contributed by atoms with E-state index in [-0.39, 0.29) is 12.1 Å². The number of likely N-dealkylation sites (N-methyl/N-ethyl adjacent to an activating group) is 1. The standard InChI is InChI=1S/C25H36N4OSi/c1-8-19-22-21-17(12-11-13-20(21)27-19)18-14-16(26-25(30)29(9-2)10-3)15-28(4)23(18)24(22)31(5,6)7/h1,11-13,16,18,23-24,27H,9-10,14-15H2,2-7H3,(H,26,30)/t16-,18?,23-,24?/m0/s1. The summed E-state index contributed by atoms with van der Waals surface area (Å²) in [5, 5.41) is 4.67. The molecule has 2 unspecified atom stereocenters. The molecule has 2 heterocycles. The summed E-state index contributed by atoms with van der Waals surface area (Å²) in [7, 11) is 0.632. The molecule has 1 aliphatic carbocycles. The van der Waals surface area contributed by atoms with Gasteiger partial charge in [-0.2, -0.15) is 0 Å². The second-order valence-corrected chi connectivity index (χ2v) is 15.6. The largest absolute Gasteiger partial charge is 0.348 e. The molecular formula is C25H36N4OSi. The van der Waals surface area contributed by atoms with Gasteiger partial charge in [-0.1, -0.05) is 37.7 Å². The topological polar surface area (TPSA) is 51.4 Å². The van der Waals surface area contributed by atoms with Crippen molar-refractivity contribution in [3.8, 4) is 12.3 Å². The van der Waals surface area contributed by atoms with Gasteiger partial charge in [-0.05, 0) is 50.1 Å². The molecule has 1 aliphatic heterocycles. The third-order valence-electron chi connectivity index (χ3n) is 7.37. The van der Waals surface area contributed by atoms with E-state index in [0.717, 1.165) is 37.3 Å². The number of urea groups is 1. The van der Waals surface area contributed by atoms with Gasteiger partial charge in [-0.3, -0.25) is 0 Å². The number of nitrogens with zero attached hydrogens (tertiary/aromatic N) is 2. The fraction of sp³-hybridized carbons (Fsp3) is 0.560. The Bertz CT molecular complexity index is 1030. The smallest absolute Gasteiger partial charge is 0.317 e. The number of aromatic amines is 1. The van der Waals surface area contributed by atoms with Crippen molar-refractivity contribution in [3.63, 3.8) is 0 Å². The Hall–Kier alpha value is -2.23. The first-order valence-corrected chi connectivity index (χ1v) is 15.2. The van der Waals surface area contributed by atoms with E-state index in [1.54, 1.807) is 0 Å². The number of terminal acetylenes is 1. The molecular weight excluding hydrogens is 400 g/mol. The number of benzene rings is 1. The van der Waals surface area contributed by atoms with Gasteiger partial charge in [0.15, 0.2) is 0 Å². The SMILES string of the molecule is C#Cc1[nH]c2cccc3c2c1C([Si](C)(C)C)[C@@H]1C3C[C@H](NC(=O)N(CC)CC)CN1C. The summed E-state index contributed by atoms with van der Waals surface area (Å²) in [6.45, 7) is 13.8. The highest BCUT2D eigenvalue weighted by atomic mass is 28.3. The van der Waals surface area contributed by atoms with Crippen molar-refractivity contribution in [1.82, 2.24) is 20.1 Å². The molecule has 0 bridgehead atoms. The van der Waals surface area contributed by atoms with E-state index in [1.807, 2.05) is 18.7 Å². The number of piperidine rings is 1. The zero-order valence-corrected chi connectivity index (χ0v) is 20.7. The lowest BCUT2D eigenvalue weighted by atomic mass is 9.73. The molecule has 31 heavy (non-hydrogen) atoms. The Balaban J connectivity index is 1.79. The zero-order valence-electron chi connectivity index (χ0n) is 19.7. The molecule has 5 nitrogen and oxygen atoms in total. The number of fused-ring (bicyclic) bond motifs is 2. The number of amides is 2. The quantitative estimate of drug-likeness (QED) is 0.554. The first-order chi connectivity index (χ1) is 14.7. The van der Waals surface area contributed by atoms with Gasteiger partial charge in [0.2, 0.25) is 0 Å². The molecule has 1 fully saturated rings. The Kier molecular flexibility index (Phi) is 5.69. The zero-order chi connectivity index (χ0) is 22.5. The van der Waals surface area contributed by atoms with Crippen LogP contribution in [0.5, 0.6) is 0 Å². The molecule has 4 rings (SSSR count). The maximum Gasteiger partial charge on any atom is 0.317 e. The predicted octanol–water partition coefficient (Wildman–Crippen LogP) is 4.33. The summed E-state index contributed by atoms with van der Waals surface area (Å²) in [6.07, 6.45) is 6.94. The molecule has 0 saturated carbocycles. The van der Waals surface area contributed by atoms with Crippen LogP contribution >= 0.6 is 0 Å². The summed E-state index contributed by atoms with van der Waals surface area (Å²) >= 11 is 0. The number of likely N-dealkylation sites (tertiary alicyclic amines) is 1. The third kappa shape index (κ3) is 3.58. The van der Waals surface area contributed by atoms with Gasteiger partial charge < -0.3 is 20.1 Å². The average Bonchev–Trinajstić information content (AvgIpc) is 3.08. The van der Waals surface area contributed by atoms with E-state index in [1.165, 1.54) is 16.5 Å². The molecule has 2 aromatic rings. The fourth-order valence-corrected chi connectivity index (χ4v) is 8.79. The lowest BCUT2D eigenvalue weighted by molar-refractivity contribution is 0.118. The molecule has 166 valence electrons. The van der Waals surface area contributed by atoms with Crippen LogP contribution in [-0.4, -0.2) is 67.7 Å². The van der Waals surface area contributed by atoms with Crippen LogP contribution in [-0.2, 0) is 0 Å². The van der Waals surface area contributed by atoms with Gasteiger partial charge in [0.05, 0.1) is 13.8 Å². The van der Waals surface area contributed by atoms with E-state index in [2.05, 4.69) is 66.0 Å². The second-order valence-electron chi connectivity index (χ2n) is 10.3. The lowest BCUT2D eigenvalue weighted by Gasteiger charge is -2.52. The normalized spacial score (nSPS) is 25.7.